The third-order valence-electron chi connectivity index (χ3n) is 7.04. The number of pyridine rings is 1. The van der Waals surface area contributed by atoms with Crippen LogP contribution in [0, 0.1) is 5.92 Å². The molecule has 1 saturated heterocycles. The summed E-state index contributed by atoms with van der Waals surface area (Å²) in [7, 11) is 0. The van der Waals surface area contributed by atoms with Crippen molar-refractivity contribution >= 4 is 11.9 Å². The second kappa shape index (κ2) is 8.90. The Morgan fingerprint density at radius 1 is 1.09 bits per heavy atom. The highest BCUT2D eigenvalue weighted by Crippen LogP contribution is 2.43. The summed E-state index contributed by atoms with van der Waals surface area (Å²) in [5.74, 6) is -0.231. The number of piperidine rings is 1. The first-order valence-electron chi connectivity index (χ1n) is 11.3. The zero-order valence-electron chi connectivity index (χ0n) is 18.4. The molecule has 0 radical (unpaired) electrons. The van der Waals surface area contributed by atoms with Crippen molar-refractivity contribution in [2.24, 2.45) is 11.7 Å². The Morgan fingerprint density at radius 3 is 2.41 bits per heavy atom. The van der Waals surface area contributed by atoms with Crippen LogP contribution in [-0.4, -0.2) is 45.1 Å². The van der Waals surface area contributed by atoms with Crippen molar-refractivity contribution in [1.82, 2.24) is 9.47 Å². The largest absolute Gasteiger partial charge is 0.481 e. The number of amides is 1. The lowest BCUT2D eigenvalue weighted by Gasteiger charge is -2.50. The van der Waals surface area contributed by atoms with Gasteiger partial charge in [-0.2, -0.15) is 0 Å². The molecule has 3 N–H and O–H groups in total. The third kappa shape index (κ3) is 4.35. The second-order valence-corrected chi connectivity index (χ2v) is 9.35. The van der Waals surface area contributed by atoms with Gasteiger partial charge in [-0.3, -0.25) is 14.4 Å². The van der Waals surface area contributed by atoms with Crippen molar-refractivity contribution in [2.45, 2.75) is 56.5 Å². The smallest absolute Gasteiger partial charge is 0.300 e. The molecule has 7 nitrogen and oxygen atoms in total. The van der Waals surface area contributed by atoms with Crippen molar-refractivity contribution in [1.29, 1.82) is 0 Å². The Hall–Kier alpha value is -2.93. The summed E-state index contributed by atoms with van der Waals surface area (Å²) in [6.07, 6.45) is 4.47. The van der Waals surface area contributed by atoms with Crippen molar-refractivity contribution in [3.05, 3.63) is 70.1 Å². The zero-order valence-corrected chi connectivity index (χ0v) is 18.4. The first kappa shape index (κ1) is 22.3. The van der Waals surface area contributed by atoms with Crippen molar-refractivity contribution < 1.29 is 14.7 Å². The molecule has 2 aromatic rings. The van der Waals surface area contributed by atoms with Crippen LogP contribution in [0.4, 0.5) is 0 Å². The van der Waals surface area contributed by atoms with E-state index in [1.807, 2.05) is 33.7 Å². The predicted molar refractivity (Wildman–Crippen MR) is 121 cm³/mol. The van der Waals surface area contributed by atoms with Crippen molar-refractivity contribution in [3.8, 4) is 0 Å². The topological polar surface area (TPSA) is 106 Å². The van der Waals surface area contributed by atoms with E-state index in [-0.39, 0.29) is 29.3 Å². The van der Waals surface area contributed by atoms with Crippen molar-refractivity contribution in [3.63, 3.8) is 0 Å². The van der Waals surface area contributed by atoms with E-state index in [2.05, 4.69) is 18.2 Å². The van der Waals surface area contributed by atoms with Crippen LogP contribution in [0.25, 0.3) is 0 Å². The van der Waals surface area contributed by atoms with E-state index >= 15 is 0 Å². The number of hydrogen-bond donors (Lipinski definition) is 2. The molecule has 170 valence electrons. The number of fused-ring (bicyclic) bond motifs is 4. The van der Waals surface area contributed by atoms with Gasteiger partial charge in [0.1, 0.15) is 0 Å². The molecule has 2 aliphatic heterocycles. The predicted octanol–water partition coefficient (Wildman–Crippen LogP) is 2.55. The first-order valence-corrected chi connectivity index (χ1v) is 11.3. The SMILES string of the molecule is CC(=O)O.NC1(C(=O)N2C[C@H]3C[C@@H](C2)[C@H](Cc2ccccc2)n2c3cccc2=O)CCC1. The normalized spacial score (nSPS) is 24.9. The van der Waals surface area contributed by atoms with Gasteiger partial charge < -0.3 is 20.3 Å². The molecule has 2 fully saturated rings. The van der Waals surface area contributed by atoms with Gasteiger partial charge in [-0.15, -0.1) is 0 Å². The van der Waals surface area contributed by atoms with Crippen LogP contribution >= 0.6 is 0 Å². The number of carbonyl (C=O) groups is 2. The molecular formula is C25H31N3O4. The molecule has 7 heteroatoms. The van der Waals surface area contributed by atoms with E-state index in [1.54, 1.807) is 6.07 Å². The lowest BCUT2D eigenvalue weighted by Crippen LogP contribution is -2.62. The maximum absolute atomic E-state index is 13.1. The number of likely N-dealkylation sites (tertiary alicyclic amines) is 1. The number of nitrogens with two attached hydrogens (primary N) is 1. The van der Waals surface area contributed by atoms with Gasteiger partial charge >= 0.3 is 0 Å². The van der Waals surface area contributed by atoms with Crippen molar-refractivity contribution in [2.75, 3.05) is 13.1 Å². The summed E-state index contributed by atoms with van der Waals surface area (Å²) < 4.78 is 2.01. The number of carbonyl (C=O) groups excluding carboxylic acids is 1. The summed E-state index contributed by atoms with van der Waals surface area (Å²) in [5, 5.41) is 7.42. The minimum Gasteiger partial charge on any atom is -0.481 e. The summed E-state index contributed by atoms with van der Waals surface area (Å²) in [4.78, 5) is 36.9. The Morgan fingerprint density at radius 2 is 1.78 bits per heavy atom. The Labute approximate surface area is 187 Å². The number of aromatic nitrogens is 1. The standard InChI is InChI=1S/C23H27N3O2.C2H4O2/c24-23(10-5-11-23)22(28)25-14-17-13-18(15-25)20(12-16-6-2-1-3-7-16)26-19(17)8-4-9-21(26)27;1-2(3)4/h1-4,6-9,17-18,20H,5,10-15,24H2;1H3,(H,3,4)/t17-,18+,20+;/m1./s1. The molecule has 1 aliphatic carbocycles. The molecule has 3 heterocycles. The average molecular weight is 438 g/mol. The molecule has 3 aliphatic rings. The fourth-order valence-electron chi connectivity index (χ4n) is 5.41. The number of aliphatic carboxylic acids is 1. The average Bonchev–Trinajstić information content (AvgIpc) is 2.75. The van der Waals surface area contributed by atoms with Crippen LogP contribution in [0.2, 0.25) is 0 Å². The highest BCUT2D eigenvalue weighted by Gasteiger charge is 2.47. The summed E-state index contributed by atoms with van der Waals surface area (Å²) in [5.41, 5.74) is 8.07. The third-order valence-corrected chi connectivity index (χ3v) is 7.04. The van der Waals surface area contributed by atoms with Crippen LogP contribution in [0.1, 0.15) is 55.8 Å². The number of carboxylic acids is 1. The number of nitrogens with zero attached hydrogens (tertiary/aromatic N) is 2. The molecule has 2 bridgehead atoms. The molecule has 5 rings (SSSR count). The highest BCUT2D eigenvalue weighted by atomic mass is 16.4. The van der Waals surface area contributed by atoms with E-state index in [1.165, 1.54) is 5.56 Å². The first-order chi connectivity index (χ1) is 15.3. The van der Waals surface area contributed by atoms with E-state index in [9.17, 15) is 9.59 Å². The van der Waals surface area contributed by atoms with E-state index in [0.717, 1.165) is 44.7 Å². The van der Waals surface area contributed by atoms with E-state index < -0.39 is 11.5 Å². The van der Waals surface area contributed by atoms with Crippen LogP contribution in [0.3, 0.4) is 0 Å². The zero-order chi connectivity index (χ0) is 22.9. The van der Waals surface area contributed by atoms with Gasteiger partial charge in [0.05, 0.1) is 5.54 Å². The van der Waals surface area contributed by atoms with Gasteiger partial charge in [0, 0.05) is 43.7 Å². The Bertz CT molecular complexity index is 1040. The van der Waals surface area contributed by atoms with Gasteiger partial charge in [-0.05, 0) is 49.7 Å². The number of hydrogen-bond acceptors (Lipinski definition) is 4. The Balaban J connectivity index is 0.000000567. The van der Waals surface area contributed by atoms with E-state index in [4.69, 9.17) is 15.6 Å². The molecule has 0 unspecified atom stereocenters. The van der Waals surface area contributed by atoms with Crippen LogP contribution < -0.4 is 11.3 Å². The summed E-state index contributed by atoms with van der Waals surface area (Å²) >= 11 is 0. The van der Waals surface area contributed by atoms with Crippen LogP contribution in [0.5, 0.6) is 0 Å². The maximum Gasteiger partial charge on any atom is 0.300 e. The molecule has 1 aromatic carbocycles. The van der Waals surface area contributed by atoms with Crippen LogP contribution in [-0.2, 0) is 16.0 Å². The summed E-state index contributed by atoms with van der Waals surface area (Å²) in [6, 6.07) is 16.0. The van der Waals surface area contributed by atoms with Gasteiger partial charge in [0.2, 0.25) is 5.91 Å². The fourth-order valence-corrected chi connectivity index (χ4v) is 5.41. The Kier molecular flexibility index (Phi) is 6.20. The molecule has 3 atom stereocenters. The number of carboxylic acid groups (broad SMARTS) is 1. The summed E-state index contributed by atoms with van der Waals surface area (Å²) in [6.45, 7) is 2.46. The van der Waals surface area contributed by atoms with Gasteiger partial charge in [0.25, 0.3) is 11.5 Å². The monoisotopic (exact) mass is 437 g/mol. The molecule has 1 aromatic heterocycles. The molecule has 1 amide bonds. The second-order valence-electron chi connectivity index (χ2n) is 9.35. The highest BCUT2D eigenvalue weighted by molar-refractivity contribution is 5.87. The quantitative estimate of drug-likeness (QED) is 0.768. The minimum atomic E-state index is -0.833. The fraction of sp³-hybridized carbons (Fsp3) is 0.480. The van der Waals surface area contributed by atoms with Crippen LogP contribution in [0.15, 0.2) is 53.3 Å². The molecule has 32 heavy (non-hydrogen) atoms. The molecule has 1 saturated carbocycles. The lowest BCUT2D eigenvalue weighted by molar-refractivity contribution is -0.143. The number of rotatable bonds is 3. The van der Waals surface area contributed by atoms with Gasteiger partial charge in [0.15, 0.2) is 0 Å². The minimum absolute atomic E-state index is 0.0715. The maximum atomic E-state index is 13.1. The van der Waals surface area contributed by atoms with Gasteiger partial charge in [-0.1, -0.05) is 36.4 Å². The molecule has 0 spiro atoms. The van der Waals surface area contributed by atoms with E-state index in [0.29, 0.717) is 13.1 Å². The van der Waals surface area contributed by atoms with Gasteiger partial charge in [-0.25, -0.2) is 0 Å². The number of benzene rings is 1. The molecular weight excluding hydrogens is 406 g/mol. The lowest BCUT2D eigenvalue weighted by atomic mass is 9.73.